The molecule has 34 heavy (non-hydrogen) atoms. The van der Waals surface area contributed by atoms with Crippen LogP contribution in [0.5, 0.6) is 5.88 Å². The standard InChI is InChI=1S/C24H24N5O4P/c1-2-15-34(32,33)19-11-9-18(10-12-19)21(17-7-4-3-5-8-17)27-22(30)20-16-25-24(28-23(20)31)29-14-6-13-26-29/h3-14,16,21H,2,15H2,1H3,(H,27,30)(H,32,33)(H,25,28,31). The van der Waals surface area contributed by atoms with E-state index in [4.69, 9.17) is 0 Å². The number of aromatic nitrogens is 4. The summed E-state index contributed by atoms with van der Waals surface area (Å²) in [5.41, 5.74) is 1.43. The maximum atomic E-state index is 13.1. The van der Waals surface area contributed by atoms with Crippen LogP contribution < -0.4 is 10.6 Å². The topological polar surface area (TPSA) is 130 Å². The Morgan fingerprint density at radius 3 is 2.41 bits per heavy atom. The number of nitrogens with one attached hydrogen (secondary N) is 1. The van der Waals surface area contributed by atoms with E-state index in [9.17, 15) is 19.4 Å². The minimum Gasteiger partial charge on any atom is -0.493 e. The van der Waals surface area contributed by atoms with E-state index < -0.39 is 25.2 Å². The average molecular weight is 477 g/mol. The van der Waals surface area contributed by atoms with E-state index in [1.807, 2.05) is 37.3 Å². The highest BCUT2D eigenvalue weighted by Gasteiger charge is 2.24. The van der Waals surface area contributed by atoms with E-state index in [1.165, 1.54) is 10.9 Å². The van der Waals surface area contributed by atoms with E-state index in [-0.39, 0.29) is 17.7 Å². The van der Waals surface area contributed by atoms with E-state index >= 15 is 0 Å². The molecule has 2 heterocycles. The molecule has 1 amide bonds. The highest BCUT2D eigenvalue weighted by molar-refractivity contribution is 7.66. The third-order valence-electron chi connectivity index (χ3n) is 5.27. The Kier molecular flexibility index (Phi) is 6.86. The third kappa shape index (κ3) is 5.06. The summed E-state index contributed by atoms with van der Waals surface area (Å²) in [4.78, 5) is 31.5. The zero-order valence-corrected chi connectivity index (χ0v) is 19.3. The van der Waals surface area contributed by atoms with Gasteiger partial charge in [-0.15, -0.1) is 0 Å². The fourth-order valence-corrected chi connectivity index (χ4v) is 5.05. The van der Waals surface area contributed by atoms with Gasteiger partial charge in [0.1, 0.15) is 5.56 Å². The van der Waals surface area contributed by atoms with Crippen LogP contribution in [0, 0.1) is 0 Å². The summed E-state index contributed by atoms with van der Waals surface area (Å²) in [5.74, 6) is -0.906. The fraction of sp³-hybridized carbons (Fsp3) is 0.167. The second-order valence-electron chi connectivity index (χ2n) is 7.69. The van der Waals surface area contributed by atoms with Gasteiger partial charge in [-0.2, -0.15) is 10.1 Å². The molecule has 2 unspecified atom stereocenters. The van der Waals surface area contributed by atoms with Crippen LogP contribution >= 0.6 is 7.37 Å². The molecule has 0 radical (unpaired) electrons. The Hall–Kier alpha value is -3.81. The van der Waals surface area contributed by atoms with Crippen LogP contribution in [0.25, 0.3) is 5.95 Å². The molecule has 4 aromatic rings. The number of hydrogen-bond acceptors (Lipinski definition) is 6. The van der Waals surface area contributed by atoms with Gasteiger partial charge in [-0.3, -0.25) is 9.36 Å². The van der Waals surface area contributed by atoms with Gasteiger partial charge in [-0.25, -0.2) is 9.67 Å². The highest BCUT2D eigenvalue weighted by atomic mass is 31.2. The van der Waals surface area contributed by atoms with Crippen LogP contribution in [0.15, 0.2) is 79.3 Å². The number of carbonyl (C=O) groups excluding carboxylic acids is 1. The predicted octanol–water partition coefficient (Wildman–Crippen LogP) is 3.19. The molecule has 174 valence electrons. The number of rotatable bonds is 8. The van der Waals surface area contributed by atoms with Crippen LogP contribution in [-0.2, 0) is 4.57 Å². The second kappa shape index (κ2) is 9.99. The molecule has 10 heteroatoms. The van der Waals surface area contributed by atoms with Crippen molar-refractivity contribution in [2.24, 2.45) is 0 Å². The first kappa shape index (κ1) is 23.4. The van der Waals surface area contributed by atoms with Gasteiger partial charge in [0.05, 0.1) is 6.04 Å². The molecule has 0 aliphatic heterocycles. The molecule has 0 aliphatic rings. The van der Waals surface area contributed by atoms with Crippen LogP contribution in [0.2, 0.25) is 0 Å². The maximum Gasteiger partial charge on any atom is 0.259 e. The van der Waals surface area contributed by atoms with Crippen LogP contribution in [0.4, 0.5) is 0 Å². The maximum absolute atomic E-state index is 13.1. The normalized spacial score (nSPS) is 13.7. The summed E-state index contributed by atoms with van der Waals surface area (Å²) in [7, 11) is -3.42. The minimum absolute atomic E-state index is 0.0868. The van der Waals surface area contributed by atoms with Gasteiger partial charge >= 0.3 is 0 Å². The first-order valence-electron chi connectivity index (χ1n) is 10.7. The molecule has 3 N–H and O–H groups in total. The van der Waals surface area contributed by atoms with Crippen molar-refractivity contribution < 1.29 is 19.4 Å². The van der Waals surface area contributed by atoms with Crippen molar-refractivity contribution in [1.29, 1.82) is 0 Å². The largest absolute Gasteiger partial charge is 0.493 e. The van der Waals surface area contributed by atoms with E-state index in [0.29, 0.717) is 17.3 Å². The molecule has 0 aliphatic carbocycles. The molecule has 0 fully saturated rings. The van der Waals surface area contributed by atoms with Gasteiger partial charge in [0.2, 0.25) is 13.2 Å². The smallest absolute Gasteiger partial charge is 0.259 e. The summed E-state index contributed by atoms with van der Waals surface area (Å²) in [6, 6.07) is 17.1. The zero-order chi connectivity index (χ0) is 24.1. The summed E-state index contributed by atoms with van der Waals surface area (Å²) < 4.78 is 13.9. The lowest BCUT2D eigenvalue weighted by atomic mass is 9.98. The van der Waals surface area contributed by atoms with Crippen molar-refractivity contribution in [2.45, 2.75) is 19.4 Å². The lowest BCUT2D eigenvalue weighted by Crippen LogP contribution is -2.30. The molecule has 0 spiro atoms. The average Bonchev–Trinajstić information content (AvgIpc) is 3.38. The number of amides is 1. The summed E-state index contributed by atoms with van der Waals surface area (Å²) >= 11 is 0. The molecule has 9 nitrogen and oxygen atoms in total. The van der Waals surface area contributed by atoms with Gasteiger partial charge in [-0.05, 0) is 35.7 Å². The quantitative estimate of drug-likeness (QED) is 0.332. The molecule has 2 atom stereocenters. The third-order valence-corrected chi connectivity index (χ3v) is 7.43. The molecule has 0 bridgehead atoms. The van der Waals surface area contributed by atoms with E-state index in [2.05, 4.69) is 20.4 Å². The number of benzene rings is 2. The van der Waals surface area contributed by atoms with Crippen molar-refractivity contribution in [1.82, 2.24) is 25.1 Å². The molecule has 0 saturated carbocycles. The summed E-state index contributed by atoms with van der Waals surface area (Å²) in [6.45, 7) is 1.86. The monoisotopic (exact) mass is 477 g/mol. The van der Waals surface area contributed by atoms with Crippen LogP contribution in [0.3, 0.4) is 0 Å². The highest BCUT2D eigenvalue weighted by Crippen LogP contribution is 2.40. The molecular weight excluding hydrogens is 453 g/mol. The van der Waals surface area contributed by atoms with Gasteiger partial charge < -0.3 is 15.3 Å². The Labute approximate surface area is 196 Å². The van der Waals surface area contributed by atoms with Gasteiger partial charge in [0.15, 0.2) is 0 Å². The fourth-order valence-electron chi connectivity index (χ4n) is 3.57. The Bertz CT molecular complexity index is 1310. The summed E-state index contributed by atoms with van der Waals surface area (Å²) in [5, 5.41) is 17.7. The molecule has 0 saturated heterocycles. The van der Waals surface area contributed by atoms with Crippen molar-refractivity contribution in [3.05, 3.63) is 95.9 Å². The number of nitrogens with zero attached hydrogens (tertiary/aromatic N) is 4. The predicted molar refractivity (Wildman–Crippen MR) is 128 cm³/mol. The SMILES string of the molecule is CCCP(=O)(O)c1ccc(C(NC(=O)c2cnc(-n3cccn3)nc2O)c2ccccc2)cc1. The Balaban J connectivity index is 1.63. The number of aromatic hydroxyl groups is 1. The van der Waals surface area contributed by atoms with Crippen molar-refractivity contribution in [2.75, 3.05) is 6.16 Å². The first-order chi connectivity index (χ1) is 16.4. The summed E-state index contributed by atoms with van der Waals surface area (Å²) in [6.07, 6.45) is 5.22. The zero-order valence-electron chi connectivity index (χ0n) is 18.4. The van der Waals surface area contributed by atoms with Gasteiger partial charge in [0, 0.05) is 30.1 Å². The van der Waals surface area contributed by atoms with Crippen molar-refractivity contribution in [3.8, 4) is 11.8 Å². The lowest BCUT2D eigenvalue weighted by Gasteiger charge is -2.21. The molecule has 2 aromatic carbocycles. The van der Waals surface area contributed by atoms with E-state index in [0.717, 1.165) is 5.56 Å². The van der Waals surface area contributed by atoms with Crippen molar-refractivity contribution in [3.63, 3.8) is 0 Å². The van der Waals surface area contributed by atoms with Crippen LogP contribution in [0.1, 0.15) is 40.9 Å². The second-order valence-corrected chi connectivity index (χ2v) is 10.1. The van der Waals surface area contributed by atoms with Crippen LogP contribution in [-0.4, -0.2) is 41.8 Å². The molecule has 4 rings (SSSR count). The van der Waals surface area contributed by atoms with Gasteiger partial charge in [-0.1, -0.05) is 49.4 Å². The van der Waals surface area contributed by atoms with Crippen molar-refractivity contribution >= 4 is 18.6 Å². The Morgan fingerprint density at radius 1 is 1.09 bits per heavy atom. The first-order valence-corrected chi connectivity index (χ1v) is 12.6. The lowest BCUT2D eigenvalue weighted by molar-refractivity contribution is 0.0939. The number of hydrogen-bond donors (Lipinski definition) is 3. The minimum atomic E-state index is -3.42. The number of carbonyl (C=O) groups is 1. The Morgan fingerprint density at radius 2 is 1.79 bits per heavy atom. The molecule has 2 aromatic heterocycles. The molecular formula is C24H24N5O4P. The van der Waals surface area contributed by atoms with Gasteiger partial charge in [0.25, 0.3) is 11.9 Å². The van der Waals surface area contributed by atoms with E-state index in [1.54, 1.807) is 42.7 Å².